The Bertz CT molecular complexity index is 476. The van der Waals surface area contributed by atoms with Gasteiger partial charge in [-0.3, -0.25) is 4.68 Å². The van der Waals surface area contributed by atoms with Gasteiger partial charge in [0, 0.05) is 29.7 Å². The zero-order chi connectivity index (χ0) is 10.8. The molecule has 1 aromatic heterocycles. The largest absolute Gasteiger partial charge is 0.326 e. The molecule has 0 saturated carbocycles. The van der Waals surface area contributed by atoms with Crippen LogP contribution in [0.4, 0.5) is 0 Å². The molecule has 15 heavy (non-hydrogen) atoms. The lowest BCUT2D eigenvalue weighted by Gasteiger charge is -2.06. The fraction of sp³-hybridized carbons (Fsp3) is 0.182. The summed E-state index contributed by atoms with van der Waals surface area (Å²) in [5, 5.41) is 4.90. The van der Waals surface area contributed by atoms with Gasteiger partial charge in [-0.15, -0.1) is 0 Å². The maximum Gasteiger partial charge on any atom is 0.0738 e. The first-order chi connectivity index (χ1) is 7.24. The van der Waals surface area contributed by atoms with Crippen LogP contribution in [-0.2, 0) is 13.6 Å². The molecule has 1 aromatic carbocycles. The van der Waals surface area contributed by atoms with Crippen LogP contribution in [0.3, 0.4) is 0 Å². The molecule has 0 unspecified atom stereocenters. The Morgan fingerprint density at radius 1 is 1.40 bits per heavy atom. The molecule has 4 heteroatoms. The lowest BCUT2D eigenvalue weighted by molar-refractivity contribution is 0.775. The van der Waals surface area contributed by atoms with Crippen molar-refractivity contribution in [2.75, 3.05) is 0 Å². The quantitative estimate of drug-likeness (QED) is 0.845. The Morgan fingerprint density at radius 3 is 2.80 bits per heavy atom. The topological polar surface area (TPSA) is 43.8 Å². The van der Waals surface area contributed by atoms with Crippen molar-refractivity contribution in [2.45, 2.75) is 6.54 Å². The summed E-state index contributed by atoms with van der Waals surface area (Å²) in [6, 6.07) is 7.70. The SMILES string of the molecule is Cn1ncc(CN)c1-c1ccccc1Cl. The molecule has 0 saturated heterocycles. The van der Waals surface area contributed by atoms with Crippen molar-refractivity contribution in [1.82, 2.24) is 9.78 Å². The average molecular weight is 222 g/mol. The van der Waals surface area contributed by atoms with Crippen molar-refractivity contribution in [1.29, 1.82) is 0 Å². The van der Waals surface area contributed by atoms with Gasteiger partial charge in [0.1, 0.15) is 0 Å². The maximum atomic E-state index is 6.13. The fourth-order valence-corrected chi connectivity index (χ4v) is 1.86. The van der Waals surface area contributed by atoms with Crippen LogP contribution in [-0.4, -0.2) is 9.78 Å². The highest BCUT2D eigenvalue weighted by molar-refractivity contribution is 6.33. The summed E-state index contributed by atoms with van der Waals surface area (Å²) in [6.45, 7) is 0.467. The molecule has 1 heterocycles. The molecule has 0 amide bonds. The van der Waals surface area contributed by atoms with Crippen molar-refractivity contribution < 1.29 is 0 Å². The first-order valence-electron chi connectivity index (χ1n) is 4.70. The van der Waals surface area contributed by atoms with Gasteiger partial charge in [0.05, 0.1) is 11.9 Å². The number of rotatable bonds is 2. The number of hydrogen-bond donors (Lipinski definition) is 1. The third kappa shape index (κ3) is 1.76. The number of benzene rings is 1. The van der Waals surface area contributed by atoms with E-state index in [4.69, 9.17) is 17.3 Å². The van der Waals surface area contributed by atoms with Crippen molar-refractivity contribution in [2.24, 2.45) is 12.8 Å². The molecule has 0 bridgehead atoms. The van der Waals surface area contributed by atoms with Gasteiger partial charge in [-0.1, -0.05) is 29.8 Å². The van der Waals surface area contributed by atoms with E-state index >= 15 is 0 Å². The number of hydrogen-bond acceptors (Lipinski definition) is 2. The Hall–Kier alpha value is -1.32. The summed E-state index contributed by atoms with van der Waals surface area (Å²) in [5.74, 6) is 0. The predicted molar refractivity (Wildman–Crippen MR) is 61.5 cm³/mol. The van der Waals surface area contributed by atoms with Gasteiger partial charge in [0.15, 0.2) is 0 Å². The monoisotopic (exact) mass is 221 g/mol. The molecule has 0 aliphatic carbocycles. The van der Waals surface area contributed by atoms with E-state index in [2.05, 4.69) is 5.10 Å². The Morgan fingerprint density at radius 2 is 2.13 bits per heavy atom. The second kappa shape index (κ2) is 4.04. The van der Waals surface area contributed by atoms with Gasteiger partial charge >= 0.3 is 0 Å². The highest BCUT2D eigenvalue weighted by atomic mass is 35.5. The van der Waals surface area contributed by atoms with Crippen LogP contribution in [0, 0.1) is 0 Å². The second-order valence-electron chi connectivity index (χ2n) is 3.33. The first-order valence-corrected chi connectivity index (χ1v) is 5.07. The van der Waals surface area contributed by atoms with E-state index in [0.29, 0.717) is 6.54 Å². The normalized spacial score (nSPS) is 10.6. The summed E-state index contributed by atoms with van der Waals surface area (Å²) in [5.41, 5.74) is 8.62. The van der Waals surface area contributed by atoms with E-state index < -0.39 is 0 Å². The van der Waals surface area contributed by atoms with Gasteiger partial charge in [-0.05, 0) is 6.07 Å². The van der Waals surface area contributed by atoms with Gasteiger partial charge in [-0.25, -0.2) is 0 Å². The summed E-state index contributed by atoms with van der Waals surface area (Å²) in [4.78, 5) is 0. The number of nitrogens with two attached hydrogens (primary N) is 1. The zero-order valence-corrected chi connectivity index (χ0v) is 9.20. The minimum Gasteiger partial charge on any atom is -0.326 e. The van der Waals surface area contributed by atoms with Crippen LogP contribution >= 0.6 is 11.6 Å². The highest BCUT2D eigenvalue weighted by Crippen LogP contribution is 2.29. The van der Waals surface area contributed by atoms with Gasteiger partial charge in [0.2, 0.25) is 0 Å². The van der Waals surface area contributed by atoms with E-state index in [0.717, 1.165) is 21.8 Å². The predicted octanol–water partition coefficient (Wildman–Crippen LogP) is 2.20. The Kier molecular flexibility index (Phi) is 2.75. The molecule has 0 fully saturated rings. The molecule has 2 N–H and O–H groups in total. The molecule has 0 radical (unpaired) electrons. The van der Waals surface area contributed by atoms with Crippen LogP contribution in [0.1, 0.15) is 5.56 Å². The van der Waals surface area contributed by atoms with Crippen molar-refractivity contribution in [3.63, 3.8) is 0 Å². The average Bonchev–Trinajstić information content (AvgIpc) is 2.60. The molecule has 0 aliphatic rings. The van der Waals surface area contributed by atoms with Crippen molar-refractivity contribution >= 4 is 11.6 Å². The standard InChI is InChI=1S/C11H12ClN3/c1-15-11(8(6-13)7-14-15)9-4-2-3-5-10(9)12/h2-5,7H,6,13H2,1H3. The molecule has 0 atom stereocenters. The Balaban J connectivity index is 2.63. The number of nitrogens with zero attached hydrogens (tertiary/aromatic N) is 2. The third-order valence-electron chi connectivity index (χ3n) is 2.36. The maximum absolute atomic E-state index is 6.13. The first kappa shape index (κ1) is 10.2. The van der Waals surface area contributed by atoms with E-state index in [1.54, 1.807) is 10.9 Å². The number of aromatic nitrogens is 2. The summed E-state index contributed by atoms with van der Waals surface area (Å²) >= 11 is 6.13. The van der Waals surface area contributed by atoms with Crippen LogP contribution in [0.25, 0.3) is 11.3 Å². The molecule has 78 valence electrons. The van der Waals surface area contributed by atoms with E-state index in [1.807, 2.05) is 31.3 Å². The third-order valence-corrected chi connectivity index (χ3v) is 2.69. The van der Waals surface area contributed by atoms with E-state index in [1.165, 1.54) is 0 Å². The number of aryl methyl sites for hydroxylation is 1. The molecular weight excluding hydrogens is 210 g/mol. The van der Waals surface area contributed by atoms with E-state index in [-0.39, 0.29) is 0 Å². The smallest absolute Gasteiger partial charge is 0.0738 e. The van der Waals surface area contributed by atoms with Gasteiger partial charge < -0.3 is 5.73 Å². The van der Waals surface area contributed by atoms with Crippen LogP contribution < -0.4 is 5.73 Å². The lowest BCUT2D eigenvalue weighted by Crippen LogP contribution is -2.00. The summed E-state index contributed by atoms with van der Waals surface area (Å²) in [6.07, 6.45) is 1.78. The minimum absolute atomic E-state index is 0.467. The lowest BCUT2D eigenvalue weighted by atomic mass is 10.1. The molecular formula is C11H12ClN3. The minimum atomic E-state index is 0.467. The molecule has 2 rings (SSSR count). The number of halogens is 1. The molecule has 0 aliphatic heterocycles. The zero-order valence-electron chi connectivity index (χ0n) is 8.44. The van der Waals surface area contributed by atoms with Crippen LogP contribution in [0.5, 0.6) is 0 Å². The second-order valence-corrected chi connectivity index (χ2v) is 3.73. The van der Waals surface area contributed by atoms with Crippen LogP contribution in [0.2, 0.25) is 5.02 Å². The van der Waals surface area contributed by atoms with E-state index in [9.17, 15) is 0 Å². The molecule has 2 aromatic rings. The highest BCUT2D eigenvalue weighted by Gasteiger charge is 2.11. The van der Waals surface area contributed by atoms with Gasteiger partial charge in [0.25, 0.3) is 0 Å². The molecule has 0 spiro atoms. The summed E-state index contributed by atoms with van der Waals surface area (Å²) < 4.78 is 1.80. The van der Waals surface area contributed by atoms with Crippen molar-refractivity contribution in [3.05, 3.63) is 41.0 Å². The Labute approximate surface area is 93.5 Å². The van der Waals surface area contributed by atoms with Gasteiger partial charge in [-0.2, -0.15) is 5.10 Å². The van der Waals surface area contributed by atoms with Crippen LogP contribution in [0.15, 0.2) is 30.5 Å². The van der Waals surface area contributed by atoms with Crippen molar-refractivity contribution in [3.8, 4) is 11.3 Å². The molecule has 3 nitrogen and oxygen atoms in total. The summed E-state index contributed by atoms with van der Waals surface area (Å²) in [7, 11) is 1.89. The fourth-order valence-electron chi connectivity index (χ4n) is 1.63.